The molecular formula is C50H90NO10P. The van der Waals surface area contributed by atoms with E-state index in [9.17, 15) is 34.1 Å². The van der Waals surface area contributed by atoms with Gasteiger partial charge in [0.25, 0.3) is 0 Å². The zero-order chi connectivity index (χ0) is 45.6. The average Bonchev–Trinajstić information content (AvgIpc) is 3.25. The second kappa shape index (κ2) is 45.0. The number of phosphoric ester groups is 1. The smallest absolute Gasteiger partial charge is 0.472 e. The highest BCUT2D eigenvalue weighted by atomic mass is 31.2. The third-order valence-electron chi connectivity index (χ3n) is 10.6. The van der Waals surface area contributed by atoms with Crippen molar-refractivity contribution in [2.45, 2.75) is 231 Å². The summed E-state index contributed by atoms with van der Waals surface area (Å²) >= 11 is 0. The summed E-state index contributed by atoms with van der Waals surface area (Å²) in [6, 6.07) is -1.55. The highest BCUT2D eigenvalue weighted by Gasteiger charge is 2.28. The quantitative estimate of drug-likeness (QED) is 0.0200. The highest BCUT2D eigenvalue weighted by molar-refractivity contribution is 7.47. The van der Waals surface area contributed by atoms with Crippen molar-refractivity contribution in [2.24, 2.45) is 0 Å². The van der Waals surface area contributed by atoms with Crippen molar-refractivity contribution in [3.05, 3.63) is 48.6 Å². The monoisotopic (exact) mass is 896 g/mol. The number of carbonyl (C=O) groups excluding carboxylic acids is 2. The molecule has 0 aliphatic rings. The van der Waals surface area contributed by atoms with Crippen LogP contribution in [0, 0.1) is 0 Å². The summed E-state index contributed by atoms with van der Waals surface area (Å²) in [4.78, 5) is 46.1. The fourth-order valence-corrected chi connectivity index (χ4v) is 7.54. The third kappa shape index (κ3) is 44.1. The molecule has 3 unspecified atom stereocenters. The van der Waals surface area contributed by atoms with E-state index in [-0.39, 0.29) is 12.8 Å². The maximum atomic E-state index is 12.4. The summed E-state index contributed by atoms with van der Waals surface area (Å²) in [7, 11) is -4.76. The van der Waals surface area contributed by atoms with Crippen LogP contribution in [0.2, 0.25) is 0 Å². The molecular weight excluding hydrogens is 806 g/mol. The number of aliphatic hydroxyl groups excluding tert-OH is 1. The Kier molecular flexibility index (Phi) is 43.2. The molecule has 0 radical (unpaired) electrons. The maximum Gasteiger partial charge on any atom is 0.472 e. The fraction of sp³-hybridized carbons (Fsp3) is 0.780. The standard InChI is InChI=1S/C50H90NO10P/c1-3-5-7-9-11-13-15-17-19-20-21-22-23-24-25-26-28-29-31-33-35-37-39-41-48(53)51-47(50(55)56)45-61-62(57,58)60-44-46(52)43-59-49(54)42-40-38-36-34-32-30-27-18-16-14-12-10-8-6-4-2/h11,13,17,19,21-22,24-25,46-47,52H,3-10,12,14-16,18,20,23,26-45H2,1-2H3,(H,51,53)(H,55,56)(H,57,58)/b13-11-,19-17-,22-21-,25-24-. The minimum Gasteiger partial charge on any atom is -0.480 e. The summed E-state index contributed by atoms with van der Waals surface area (Å²) in [5.41, 5.74) is 0. The van der Waals surface area contributed by atoms with Gasteiger partial charge in [-0.3, -0.25) is 18.6 Å². The van der Waals surface area contributed by atoms with Gasteiger partial charge >= 0.3 is 19.8 Å². The SMILES string of the molecule is CCCCC/C=C\C/C=C\C/C=C\C/C=C\CCCCCCCCCC(=O)NC(COP(=O)(O)OCC(O)COC(=O)CCCCCCCCCCCCCCCCC)C(=O)O. The first-order chi connectivity index (χ1) is 30.1. The lowest BCUT2D eigenvalue weighted by Gasteiger charge is -2.18. The predicted octanol–water partition coefficient (Wildman–Crippen LogP) is 13.3. The van der Waals surface area contributed by atoms with Gasteiger partial charge in [-0.25, -0.2) is 9.36 Å². The molecule has 4 N–H and O–H groups in total. The molecule has 0 aromatic rings. The van der Waals surface area contributed by atoms with E-state index in [1.165, 1.54) is 96.3 Å². The largest absolute Gasteiger partial charge is 0.480 e. The van der Waals surface area contributed by atoms with Crippen LogP contribution in [0.25, 0.3) is 0 Å². The molecule has 0 bridgehead atoms. The Morgan fingerprint density at radius 1 is 0.516 bits per heavy atom. The first-order valence-electron chi connectivity index (χ1n) is 24.7. The van der Waals surface area contributed by atoms with Crippen molar-refractivity contribution in [1.82, 2.24) is 5.32 Å². The molecule has 62 heavy (non-hydrogen) atoms. The molecule has 12 heteroatoms. The number of hydrogen-bond acceptors (Lipinski definition) is 8. The molecule has 0 fully saturated rings. The number of aliphatic carboxylic acids is 1. The number of carboxylic acids is 1. The molecule has 0 aromatic heterocycles. The molecule has 1 amide bonds. The van der Waals surface area contributed by atoms with Gasteiger partial charge in [0.15, 0.2) is 6.04 Å². The molecule has 0 aromatic carbocycles. The summed E-state index contributed by atoms with van der Waals surface area (Å²) in [5.74, 6) is -2.38. The number of unbranched alkanes of at least 4 members (excludes halogenated alkanes) is 24. The number of nitrogens with one attached hydrogen (secondary N) is 1. The Morgan fingerprint density at radius 2 is 0.887 bits per heavy atom. The number of phosphoric acid groups is 1. The van der Waals surface area contributed by atoms with Gasteiger partial charge in [-0.15, -0.1) is 0 Å². The number of carbonyl (C=O) groups is 3. The second-order valence-electron chi connectivity index (χ2n) is 16.7. The topological polar surface area (TPSA) is 169 Å². The van der Waals surface area contributed by atoms with E-state index < -0.39 is 57.6 Å². The van der Waals surface area contributed by atoms with Gasteiger partial charge in [0.1, 0.15) is 12.7 Å². The van der Waals surface area contributed by atoms with E-state index >= 15 is 0 Å². The van der Waals surface area contributed by atoms with Gasteiger partial charge in [0, 0.05) is 12.8 Å². The number of ether oxygens (including phenoxy) is 1. The minimum absolute atomic E-state index is 0.132. The molecule has 0 saturated heterocycles. The Balaban J connectivity index is 3.88. The lowest BCUT2D eigenvalue weighted by Crippen LogP contribution is -2.43. The van der Waals surface area contributed by atoms with Crippen molar-refractivity contribution in [1.29, 1.82) is 0 Å². The Hall–Kier alpha value is -2.56. The van der Waals surface area contributed by atoms with Crippen LogP contribution in [0.5, 0.6) is 0 Å². The summed E-state index contributed by atoms with van der Waals surface area (Å²) in [6.45, 7) is 2.58. The van der Waals surface area contributed by atoms with Crippen LogP contribution in [0.1, 0.15) is 219 Å². The van der Waals surface area contributed by atoms with Gasteiger partial charge < -0.3 is 25.2 Å². The van der Waals surface area contributed by atoms with Crippen LogP contribution >= 0.6 is 7.82 Å². The zero-order valence-electron chi connectivity index (χ0n) is 39.2. The maximum absolute atomic E-state index is 12.4. The van der Waals surface area contributed by atoms with E-state index in [0.29, 0.717) is 12.8 Å². The first kappa shape index (κ1) is 59.4. The lowest BCUT2D eigenvalue weighted by atomic mass is 10.0. The first-order valence-corrected chi connectivity index (χ1v) is 26.2. The molecule has 360 valence electrons. The molecule has 11 nitrogen and oxygen atoms in total. The van der Waals surface area contributed by atoms with E-state index in [4.69, 9.17) is 13.8 Å². The number of amides is 1. The fourth-order valence-electron chi connectivity index (χ4n) is 6.77. The van der Waals surface area contributed by atoms with Gasteiger partial charge in [0.05, 0.1) is 13.2 Å². The van der Waals surface area contributed by atoms with Crippen LogP contribution in [0.4, 0.5) is 0 Å². The van der Waals surface area contributed by atoms with Gasteiger partial charge in [-0.1, -0.05) is 197 Å². The zero-order valence-corrected chi connectivity index (χ0v) is 40.1. The van der Waals surface area contributed by atoms with Crippen LogP contribution in [0.3, 0.4) is 0 Å². The Labute approximate surface area is 377 Å². The van der Waals surface area contributed by atoms with Crippen molar-refractivity contribution in [3.8, 4) is 0 Å². The number of carboxylic acid groups (broad SMARTS) is 1. The van der Waals surface area contributed by atoms with Crippen LogP contribution in [-0.4, -0.2) is 64.9 Å². The molecule has 0 aliphatic carbocycles. The van der Waals surface area contributed by atoms with Crippen molar-refractivity contribution in [3.63, 3.8) is 0 Å². The van der Waals surface area contributed by atoms with E-state index in [1.807, 2.05) is 0 Å². The van der Waals surface area contributed by atoms with Crippen LogP contribution in [-0.2, 0) is 32.7 Å². The van der Waals surface area contributed by atoms with Crippen molar-refractivity contribution >= 4 is 25.7 Å². The van der Waals surface area contributed by atoms with Gasteiger partial charge in [0.2, 0.25) is 5.91 Å². The molecule has 0 saturated carbocycles. The van der Waals surface area contributed by atoms with Gasteiger partial charge in [-0.05, 0) is 57.8 Å². The summed E-state index contributed by atoms with van der Waals surface area (Å²) < 4.78 is 26.9. The van der Waals surface area contributed by atoms with Crippen molar-refractivity contribution < 1.29 is 47.8 Å². The van der Waals surface area contributed by atoms with Gasteiger partial charge in [-0.2, -0.15) is 0 Å². The van der Waals surface area contributed by atoms with Crippen LogP contribution < -0.4 is 5.32 Å². The Morgan fingerprint density at radius 3 is 1.35 bits per heavy atom. The second-order valence-corrected chi connectivity index (χ2v) is 18.1. The number of aliphatic hydroxyl groups is 1. The molecule has 0 aliphatic heterocycles. The predicted molar refractivity (Wildman–Crippen MR) is 254 cm³/mol. The summed E-state index contributed by atoms with van der Waals surface area (Å²) in [5, 5.41) is 21.9. The highest BCUT2D eigenvalue weighted by Crippen LogP contribution is 2.43. The summed E-state index contributed by atoms with van der Waals surface area (Å²) in [6.07, 6.45) is 51.2. The van der Waals surface area contributed by atoms with Crippen molar-refractivity contribution in [2.75, 3.05) is 19.8 Å². The number of rotatable bonds is 46. The van der Waals surface area contributed by atoms with E-state index in [0.717, 1.165) is 83.5 Å². The van der Waals surface area contributed by atoms with E-state index in [2.05, 4.69) is 67.8 Å². The number of esters is 1. The molecule has 3 atom stereocenters. The Bertz CT molecular complexity index is 1240. The number of hydrogen-bond donors (Lipinski definition) is 4. The minimum atomic E-state index is -4.76. The number of allylic oxidation sites excluding steroid dienone is 8. The average molecular weight is 896 g/mol. The van der Waals surface area contributed by atoms with Crippen LogP contribution in [0.15, 0.2) is 48.6 Å². The molecule has 0 spiro atoms. The normalized spacial score (nSPS) is 14.0. The molecule has 0 heterocycles. The van der Waals surface area contributed by atoms with E-state index in [1.54, 1.807) is 0 Å². The molecule has 0 rings (SSSR count). The third-order valence-corrected chi connectivity index (χ3v) is 11.6. The lowest BCUT2D eigenvalue weighted by molar-refractivity contribution is -0.147.